The van der Waals surface area contributed by atoms with Gasteiger partial charge in [-0.25, -0.2) is 4.79 Å². The summed E-state index contributed by atoms with van der Waals surface area (Å²) in [7, 11) is 0. The first kappa shape index (κ1) is 17.7. The maximum Gasteiger partial charge on any atom is 0.349 e. The minimum atomic E-state index is -0.553. The molecule has 136 valence electrons. The Morgan fingerprint density at radius 3 is 2.88 bits per heavy atom. The van der Waals surface area contributed by atoms with E-state index >= 15 is 0 Å². The Balaban J connectivity index is 1.39. The molecule has 2 aliphatic heterocycles. The van der Waals surface area contributed by atoms with Crippen molar-refractivity contribution in [2.45, 2.75) is 12.8 Å². The smallest absolute Gasteiger partial charge is 0.349 e. The van der Waals surface area contributed by atoms with Crippen molar-refractivity contribution in [2.24, 2.45) is 10.9 Å². The van der Waals surface area contributed by atoms with Crippen molar-refractivity contribution in [3.63, 3.8) is 0 Å². The zero-order chi connectivity index (χ0) is 17.9. The van der Waals surface area contributed by atoms with E-state index in [2.05, 4.69) is 4.99 Å². The fourth-order valence-electron chi connectivity index (χ4n) is 3.28. The molecule has 4 rings (SSSR count). The molecular weight excluding hydrogens is 368 g/mol. The summed E-state index contributed by atoms with van der Waals surface area (Å²) in [5.41, 5.74) is 0.0911. The fourth-order valence-corrected chi connectivity index (χ4v) is 5.50. The highest BCUT2D eigenvalue weighted by molar-refractivity contribution is 8.39. The number of benzene rings is 1. The first-order valence-corrected chi connectivity index (χ1v) is 10.8. The number of likely N-dealkylation sites (tertiary alicyclic amines) is 1. The Morgan fingerprint density at radius 1 is 1.31 bits per heavy atom. The van der Waals surface area contributed by atoms with E-state index in [0.29, 0.717) is 24.6 Å². The lowest BCUT2D eigenvalue weighted by atomic mass is 9.98. The van der Waals surface area contributed by atoms with Gasteiger partial charge in [0.25, 0.3) is 5.91 Å². The van der Waals surface area contributed by atoms with Crippen molar-refractivity contribution in [2.75, 3.05) is 31.1 Å². The number of para-hydroxylation sites is 1. The second kappa shape index (κ2) is 7.88. The number of hydrogen-bond acceptors (Lipinski definition) is 6. The van der Waals surface area contributed by atoms with Gasteiger partial charge in [-0.2, -0.15) is 0 Å². The van der Waals surface area contributed by atoms with Gasteiger partial charge >= 0.3 is 5.63 Å². The van der Waals surface area contributed by atoms with Crippen LogP contribution in [0.25, 0.3) is 11.0 Å². The zero-order valence-corrected chi connectivity index (χ0v) is 16.0. The monoisotopic (exact) mass is 388 g/mol. The van der Waals surface area contributed by atoms with Crippen LogP contribution < -0.4 is 5.63 Å². The number of piperidine rings is 1. The first-order valence-electron chi connectivity index (χ1n) is 8.83. The molecule has 2 aliphatic rings. The van der Waals surface area contributed by atoms with E-state index in [9.17, 15) is 9.59 Å². The number of carbonyl (C=O) groups excluding carboxylic acids is 1. The van der Waals surface area contributed by atoms with Crippen LogP contribution in [0.15, 0.2) is 44.5 Å². The highest BCUT2D eigenvalue weighted by atomic mass is 32.2. The van der Waals surface area contributed by atoms with E-state index in [1.165, 1.54) is 4.38 Å². The third kappa shape index (κ3) is 3.83. The largest absolute Gasteiger partial charge is 0.422 e. The van der Waals surface area contributed by atoms with Crippen LogP contribution in [0.4, 0.5) is 0 Å². The molecule has 5 nitrogen and oxygen atoms in total. The second-order valence-corrected chi connectivity index (χ2v) is 8.88. The van der Waals surface area contributed by atoms with Crippen molar-refractivity contribution in [3.05, 3.63) is 46.3 Å². The van der Waals surface area contributed by atoms with E-state index < -0.39 is 5.63 Å². The van der Waals surface area contributed by atoms with Gasteiger partial charge in [0.15, 0.2) is 0 Å². The molecule has 1 saturated heterocycles. The molecule has 1 aromatic heterocycles. The van der Waals surface area contributed by atoms with Gasteiger partial charge in [0.2, 0.25) is 0 Å². The summed E-state index contributed by atoms with van der Waals surface area (Å²) in [6.45, 7) is 2.32. The molecule has 0 unspecified atom stereocenters. The predicted octanol–water partition coefficient (Wildman–Crippen LogP) is 3.48. The third-order valence-electron chi connectivity index (χ3n) is 4.77. The molecule has 0 spiro atoms. The van der Waals surface area contributed by atoms with Crippen molar-refractivity contribution in [3.8, 4) is 0 Å². The summed E-state index contributed by atoms with van der Waals surface area (Å²) in [5.74, 6) is 2.54. The Hall–Kier alpha value is -1.73. The van der Waals surface area contributed by atoms with Crippen molar-refractivity contribution in [1.82, 2.24) is 4.90 Å². The van der Waals surface area contributed by atoms with Crippen LogP contribution in [0.5, 0.6) is 0 Å². The number of rotatable bonds is 3. The molecule has 1 aromatic carbocycles. The van der Waals surface area contributed by atoms with Gasteiger partial charge in [-0.15, -0.1) is 0 Å². The minimum Gasteiger partial charge on any atom is -0.422 e. The molecule has 7 heteroatoms. The van der Waals surface area contributed by atoms with Crippen LogP contribution in [-0.2, 0) is 0 Å². The number of fused-ring (bicyclic) bond motifs is 1. The topological polar surface area (TPSA) is 62.9 Å². The summed E-state index contributed by atoms with van der Waals surface area (Å²) < 4.78 is 6.51. The van der Waals surface area contributed by atoms with Gasteiger partial charge in [-0.05, 0) is 30.9 Å². The Kier molecular flexibility index (Phi) is 5.36. The van der Waals surface area contributed by atoms with Gasteiger partial charge < -0.3 is 9.32 Å². The maximum absolute atomic E-state index is 12.8. The molecule has 0 radical (unpaired) electrons. The molecule has 0 N–H and O–H groups in total. The molecule has 1 fully saturated rings. The fraction of sp³-hybridized carbons (Fsp3) is 0.421. The lowest BCUT2D eigenvalue weighted by molar-refractivity contribution is 0.0694. The minimum absolute atomic E-state index is 0.133. The van der Waals surface area contributed by atoms with Crippen LogP contribution in [-0.4, -0.2) is 46.3 Å². The van der Waals surface area contributed by atoms with E-state index in [-0.39, 0.29) is 11.5 Å². The molecule has 26 heavy (non-hydrogen) atoms. The van der Waals surface area contributed by atoms with E-state index in [4.69, 9.17) is 4.42 Å². The quantitative estimate of drug-likeness (QED) is 0.754. The van der Waals surface area contributed by atoms with Gasteiger partial charge in [0.1, 0.15) is 15.5 Å². The van der Waals surface area contributed by atoms with Crippen molar-refractivity contribution >= 4 is 44.8 Å². The summed E-state index contributed by atoms with van der Waals surface area (Å²) in [6.07, 6.45) is 1.94. The number of thioether (sulfide) groups is 2. The molecule has 1 amide bonds. The molecule has 2 aromatic rings. The average Bonchev–Trinajstić information content (AvgIpc) is 3.19. The van der Waals surface area contributed by atoms with E-state index in [1.807, 2.05) is 41.7 Å². The van der Waals surface area contributed by atoms with Crippen molar-refractivity contribution in [1.29, 1.82) is 0 Å². The normalized spacial score (nSPS) is 18.3. The van der Waals surface area contributed by atoms with Crippen LogP contribution in [0.2, 0.25) is 0 Å². The lowest BCUT2D eigenvalue weighted by Gasteiger charge is -2.31. The Labute approximate surface area is 160 Å². The Morgan fingerprint density at radius 2 is 2.12 bits per heavy atom. The number of carbonyl (C=O) groups is 1. The molecule has 0 bridgehead atoms. The second-order valence-electron chi connectivity index (χ2n) is 6.53. The molecular formula is C19H20N2O3S2. The summed E-state index contributed by atoms with van der Waals surface area (Å²) >= 11 is 3.68. The van der Waals surface area contributed by atoms with Crippen LogP contribution in [0, 0.1) is 5.92 Å². The first-order chi connectivity index (χ1) is 12.7. The molecule has 3 heterocycles. The standard InChI is InChI=1S/C19H20N2O3S2/c22-17(15-11-14-3-1-2-4-16(14)24-18(15)23)21-8-5-13(6-9-21)12-26-19-20-7-10-25-19/h1-4,11,13H,5-10,12H2. The maximum atomic E-state index is 12.8. The van der Waals surface area contributed by atoms with Crippen LogP contribution in [0.1, 0.15) is 23.2 Å². The highest BCUT2D eigenvalue weighted by Gasteiger charge is 2.26. The number of hydrogen-bond donors (Lipinski definition) is 0. The van der Waals surface area contributed by atoms with Gasteiger partial charge in [-0.3, -0.25) is 9.79 Å². The number of nitrogens with zero attached hydrogens (tertiary/aromatic N) is 2. The lowest BCUT2D eigenvalue weighted by Crippen LogP contribution is -2.40. The Bertz CT molecular complexity index is 901. The van der Waals surface area contributed by atoms with Gasteiger partial charge in [0, 0.05) is 30.0 Å². The third-order valence-corrected chi connectivity index (χ3v) is 7.26. The predicted molar refractivity (Wildman–Crippen MR) is 108 cm³/mol. The zero-order valence-electron chi connectivity index (χ0n) is 14.3. The van der Waals surface area contributed by atoms with E-state index in [0.717, 1.165) is 36.3 Å². The highest BCUT2D eigenvalue weighted by Crippen LogP contribution is 2.28. The van der Waals surface area contributed by atoms with Gasteiger partial charge in [-0.1, -0.05) is 41.7 Å². The summed E-state index contributed by atoms with van der Waals surface area (Å²) in [4.78, 5) is 31.2. The summed E-state index contributed by atoms with van der Waals surface area (Å²) in [6, 6.07) is 8.92. The SMILES string of the molecule is O=C(c1cc2ccccc2oc1=O)N1CCC(CSC2=NCCS2)CC1. The van der Waals surface area contributed by atoms with Crippen LogP contribution >= 0.6 is 23.5 Å². The average molecular weight is 389 g/mol. The summed E-state index contributed by atoms with van der Waals surface area (Å²) in [5, 5.41) is 0.775. The molecule has 0 aliphatic carbocycles. The van der Waals surface area contributed by atoms with Crippen LogP contribution in [0.3, 0.4) is 0 Å². The number of amides is 1. The van der Waals surface area contributed by atoms with Crippen molar-refractivity contribution < 1.29 is 9.21 Å². The molecule has 0 saturated carbocycles. The molecule has 0 atom stereocenters. The van der Waals surface area contributed by atoms with E-state index in [1.54, 1.807) is 17.0 Å². The van der Waals surface area contributed by atoms with Gasteiger partial charge in [0.05, 0.1) is 6.54 Å². The number of aliphatic imine (C=N–C) groups is 1.